The Bertz CT molecular complexity index is 922. The number of aryl methyl sites for hydroxylation is 3. The normalized spacial score (nSPS) is 10.8. The van der Waals surface area contributed by atoms with Crippen LogP contribution in [0.3, 0.4) is 0 Å². The zero-order chi connectivity index (χ0) is 16.6. The maximum absolute atomic E-state index is 12.5. The van der Waals surface area contributed by atoms with Gasteiger partial charge in [0.15, 0.2) is 0 Å². The van der Waals surface area contributed by atoms with Crippen molar-refractivity contribution >= 4 is 34.2 Å². The van der Waals surface area contributed by atoms with Crippen molar-refractivity contribution in [3.63, 3.8) is 0 Å². The molecule has 0 atom stereocenters. The summed E-state index contributed by atoms with van der Waals surface area (Å²) in [6.45, 7) is 5.75. The van der Waals surface area contributed by atoms with Gasteiger partial charge in [0.05, 0.1) is 22.4 Å². The van der Waals surface area contributed by atoms with Crippen molar-refractivity contribution in [2.45, 2.75) is 20.8 Å². The maximum Gasteiger partial charge on any atom is 0.255 e. The van der Waals surface area contributed by atoms with Gasteiger partial charge < -0.3 is 5.32 Å². The van der Waals surface area contributed by atoms with Gasteiger partial charge in [-0.3, -0.25) is 4.79 Å². The molecule has 0 bridgehead atoms. The molecule has 4 nitrogen and oxygen atoms in total. The zero-order valence-corrected chi connectivity index (χ0v) is 13.9. The molecule has 0 saturated carbocycles. The van der Waals surface area contributed by atoms with E-state index in [0.717, 1.165) is 22.5 Å². The van der Waals surface area contributed by atoms with Crippen molar-refractivity contribution in [1.29, 1.82) is 0 Å². The van der Waals surface area contributed by atoms with Crippen LogP contribution in [-0.4, -0.2) is 15.9 Å². The quantitative estimate of drug-likeness (QED) is 0.756. The second kappa shape index (κ2) is 5.97. The lowest BCUT2D eigenvalue weighted by atomic mass is 10.1. The number of hydrogen-bond donors (Lipinski definition) is 1. The number of rotatable bonds is 2. The van der Waals surface area contributed by atoms with Gasteiger partial charge in [-0.2, -0.15) is 0 Å². The SMILES string of the molecule is Cc1ccc(Cl)cc1NC(=O)c1ccc2nc(C)c(C)nc2c1. The van der Waals surface area contributed by atoms with Gasteiger partial charge in [-0.05, 0) is 56.7 Å². The highest BCUT2D eigenvalue weighted by atomic mass is 35.5. The molecule has 0 aliphatic carbocycles. The number of benzene rings is 2. The summed E-state index contributed by atoms with van der Waals surface area (Å²) < 4.78 is 0. The van der Waals surface area contributed by atoms with Gasteiger partial charge in [0.2, 0.25) is 0 Å². The predicted octanol–water partition coefficient (Wildman–Crippen LogP) is 4.46. The average Bonchev–Trinajstić information content (AvgIpc) is 2.51. The molecular formula is C18H16ClN3O. The van der Waals surface area contributed by atoms with Gasteiger partial charge in [-0.25, -0.2) is 9.97 Å². The minimum Gasteiger partial charge on any atom is -0.322 e. The van der Waals surface area contributed by atoms with Crippen LogP contribution in [0, 0.1) is 20.8 Å². The van der Waals surface area contributed by atoms with Gasteiger partial charge in [0.1, 0.15) is 0 Å². The molecule has 1 amide bonds. The van der Waals surface area contributed by atoms with Gasteiger partial charge in [-0.15, -0.1) is 0 Å². The Hall–Kier alpha value is -2.46. The summed E-state index contributed by atoms with van der Waals surface area (Å²) in [5, 5.41) is 3.47. The number of carbonyl (C=O) groups excluding carboxylic acids is 1. The van der Waals surface area contributed by atoms with E-state index in [-0.39, 0.29) is 5.91 Å². The Morgan fingerprint density at radius 1 is 0.957 bits per heavy atom. The lowest BCUT2D eigenvalue weighted by Gasteiger charge is -2.09. The highest BCUT2D eigenvalue weighted by molar-refractivity contribution is 6.31. The molecule has 0 fully saturated rings. The molecule has 0 unspecified atom stereocenters. The second-order valence-corrected chi connectivity index (χ2v) is 5.95. The van der Waals surface area contributed by atoms with E-state index in [9.17, 15) is 4.79 Å². The molecule has 1 heterocycles. The molecule has 0 radical (unpaired) electrons. The summed E-state index contributed by atoms with van der Waals surface area (Å²) in [7, 11) is 0. The van der Waals surface area contributed by atoms with Crippen LogP contribution in [0.1, 0.15) is 27.3 Å². The molecule has 0 aliphatic heterocycles. The number of hydrogen-bond acceptors (Lipinski definition) is 3. The second-order valence-electron chi connectivity index (χ2n) is 5.51. The smallest absolute Gasteiger partial charge is 0.255 e. The molecule has 23 heavy (non-hydrogen) atoms. The van der Waals surface area contributed by atoms with E-state index in [4.69, 9.17) is 11.6 Å². The first kappa shape index (κ1) is 15.4. The molecule has 0 aliphatic rings. The monoisotopic (exact) mass is 325 g/mol. The molecule has 0 saturated heterocycles. The number of amides is 1. The number of fused-ring (bicyclic) bond motifs is 1. The van der Waals surface area contributed by atoms with E-state index >= 15 is 0 Å². The first-order valence-corrected chi connectivity index (χ1v) is 7.64. The van der Waals surface area contributed by atoms with Gasteiger partial charge in [-0.1, -0.05) is 17.7 Å². The number of anilines is 1. The van der Waals surface area contributed by atoms with Crippen LogP contribution < -0.4 is 5.32 Å². The minimum atomic E-state index is -0.197. The van der Waals surface area contributed by atoms with Crippen LogP contribution in [-0.2, 0) is 0 Å². The molecule has 3 aromatic rings. The highest BCUT2D eigenvalue weighted by Gasteiger charge is 2.10. The number of carbonyl (C=O) groups is 1. The largest absolute Gasteiger partial charge is 0.322 e. The molecule has 5 heteroatoms. The Morgan fingerprint density at radius 3 is 2.39 bits per heavy atom. The summed E-state index contributed by atoms with van der Waals surface area (Å²) in [4.78, 5) is 21.4. The van der Waals surface area contributed by atoms with E-state index < -0.39 is 0 Å². The fraction of sp³-hybridized carbons (Fsp3) is 0.167. The van der Waals surface area contributed by atoms with Crippen molar-refractivity contribution in [3.05, 3.63) is 63.9 Å². The number of nitrogens with one attached hydrogen (secondary N) is 1. The Kier molecular flexibility index (Phi) is 4.01. The number of aromatic nitrogens is 2. The number of nitrogens with zero attached hydrogens (tertiary/aromatic N) is 2. The Labute approximate surface area is 139 Å². The minimum absolute atomic E-state index is 0.197. The zero-order valence-electron chi connectivity index (χ0n) is 13.1. The molecular weight excluding hydrogens is 310 g/mol. The molecule has 116 valence electrons. The van der Waals surface area contributed by atoms with Gasteiger partial charge in [0, 0.05) is 16.3 Å². The van der Waals surface area contributed by atoms with E-state index in [2.05, 4.69) is 15.3 Å². The molecule has 2 aromatic carbocycles. The summed E-state index contributed by atoms with van der Waals surface area (Å²) in [5.41, 5.74) is 5.44. The van der Waals surface area contributed by atoms with E-state index in [1.807, 2.05) is 32.9 Å². The molecule has 3 rings (SSSR count). The summed E-state index contributed by atoms with van der Waals surface area (Å²) >= 11 is 5.99. The third kappa shape index (κ3) is 3.17. The average molecular weight is 326 g/mol. The van der Waals surface area contributed by atoms with E-state index in [0.29, 0.717) is 21.8 Å². The highest BCUT2D eigenvalue weighted by Crippen LogP contribution is 2.21. The van der Waals surface area contributed by atoms with Crippen molar-refractivity contribution in [1.82, 2.24) is 9.97 Å². The first-order chi connectivity index (χ1) is 10.9. The van der Waals surface area contributed by atoms with Crippen molar-refractivity contribution < 1.29 is 4.79 Å². The summed E-state index contributed by atoms with van der Waals surface area (Å²) in [6.07, 6.45) is 0. The molecule has 0 spiro atoms. The number of halogens is 1. The first-order valence-electron chi connectivity index (χ1n) is 7.26. The van der Waals surface area contributed by atoms with Crippen molar-refractivity contribution in [2.24, 2.45) is 0 Å². The molecule has 1 aromatic heterocycles. The Morgan fingerprint density at radius 2 is 1.65 bits per heavy atom. The molecule has 1 N–H and O–H groups in total. The Balaban J connectivity index is 1.94. The maximum atomic E-state index is 12.5. The van der Waals surface area contributed by atoms with Gasteiger partial charge >= 0.3 is 0 Å². The third-order valence-corrected chi connectivity index (χ3v) is 4.02. The van der Waals surface area contributed by atoms with E-state index in [1.54, 1.807) is 24.3 Å². The summed E-state index contributed by atoms with van der Waals surface area (Å²) in [5.74, 6) is -0.197. The lowest BCUT2D eigenvalue weighted by molar-refractivity contribution is 0.102. The topological polar surface area (TPSA) is 54.9 Å². The third-order valence-electron chi connectivity index (χ3n) is 3.79. The summed E-state index contributed by atoms with van der Waals surface area (Å²) in [6, 6.07) is 10.7. The standard InChI is InChI=1S/C18H16ClN3O/c1-10-4-6-14(19)9-16(10)22-18(23)13-5-7-15-17(8-13)21-12(3)11(2)20-15/h4-9H,1-3H3,(H,22,23). The van der Waals surface area contributed by atoms with Crippen LogP contribution in [0.4, 0.5) is 5.69 Å². The van der Waals surface area contributed by atoms with Crippen LogP contribution in [0.5, 0.6) is 0 Å². The van der Waals surface area contributed by atoms with Crippen LogP contribution in [0.15, 0.2) is 36.4 Å². The van der Waals surface area contributed by atoms with Crippen LogP contribution in [0.2, 0.25) is 5.02 Å². The fourth-order valence-corrected chi connectivity index (χ4v) is 2.47. The van der Waals surface area contributed by atoms with Crippen molar-refractivity contribution in [3.8, 4) is 0 Å². The predicted molar refractivity (Wildman–Crippen MR) is 93.2 cm³/mol. The fourth-order valence-electron chi connectivity index (χ4n) is 2.30. The van der Waals surface area contributed by atoms with Crippen molar-refractivity contribution in [2.75, 3.05) is 5.32 Å². The van der Waals surface area contributed by atoms with Gasteiger partial charge in [0.25, 0.3) is 5.91 Å². The van der Waals surface area contributed by atoms with Crippen LogP contribution in [0.25, 0.3) is 11.0 Å². The van der Waals surface area contributed by atoms with E-state index in [1.165, 1.54) is 0 Å². The lowest BCUT2D eigenvalue weighted by Crippen LogP contribution is -2.13. The van der Waals surface area contributed by atoms with Crippen LogP contribution >= 0.6 is 11.6 Å².